The minimum atomic E-state index is -4.67. The number of benzene rings is 3. The number of likely N-dealkylation sites (tertiary alicyclic amines) is 1. The molecule has 57 heavy (non-hydrogen) atoms. The molecule has 6 rings (SSSR count). The Balaban J connectivity index is 0.000000540. The summed E-state index contributed by atoms with van der Waals surface area (Å²) in [5.74, 6) is -0.301. The van der Waals surface area contributed by atoms with Gasteiger partial charge in [-0.3, -0.25) is 9.36 Å². The van der Waals surface area contributed by atoms with Crippen LogP contribution in [0.4, 0.5) is 18.0 Å². The topological polar surface area (TPSA) is 175 Å². The van der Waals surface area contributed by atoms with Crippen molar-refractivity contribution in [2.75, 3.05) is 34.2 Å². The summed E-state index contributed by atoms with van der Waals surface area (Å²) in [7, 11) is 2.08. The summed E-state index contributed by atoms with van der Waals surface area (Å²) in [4.78, 5) is 42.9. The van der Waals surface area contributed by atoms with Crippen LogP contribution in [0.15, 0.2) is 101 Å². The van der Waals surface area contributed by atoms with E-state index in [0.717, 1.165) is 38.6 Å². The first-order valence-electron chi connectivity index (χ1n) is 17.7. The minimum absolute atomic E-state index is 0.0650. The molecule has 1 aliphatic rings. The fourth-order valence-corrected chi connectivity index (χ4v) is 7.11. The largest absolute Gasteiger partial charge is 0.744 e. The van der Waals surface area contributed by atoms with Crippen LogP contribution in [0.1, 0.15) is 36.6 Å². The maximum atomic E-state index is 14.0. The molecule has 0 bridgehead atoms. The molecule has 0 aliphatic carbocycles. The van der Waals surface area contributed by atoms with E-state index in [4.69, 9.17) is 0 Å². The van der Waals surface area contributed by atoms with E-state index in [0.29, 0.717) is 30.4 Å². The molecule has 1 fully saturated rings. The van der Waals surface area contributed by atoms with Crippen molar-refractivity contribution in [2.24, 2.45) is 0 Å². The van der Waals surface area contributed by atoms with Gasteiger partial charge >= 0.3 is 17.9 Å². The summed E-state index contributed by atoms with van der Waals surface area (Å²) in [5.41, 5.74) is -0.547. The lowest BCUT2D eigenvalue weighted by molar-refractivity contribution is -0.897. The molecule has 1 saturated heterocycles. The van der Waals surface area contributed by atoms with Gasteiger partial charge in [0.05, 0.1) is 78.2 Å². The summed E-state index contributed by atoms with van der Waals surface area (Å²) in [6, 6.07) is 20.0. The molecule has 1 unspecified atom stereocenters. The van der Waals surface area contributed by atoms with Crippen molar-refractivity contribution in [1.29, 1.82) is 5.26 Å². The Bertz CT molecular complexity index is 2460. The SMILES string of the molecule is Cc1c(-c2ccnn2-c2ccc(C#N)cc2)n(C(=O)NC(C)C(=O)N2CCC([N+](C)(C)C)CC2)c(=O)n1-c1cccc(C(F)(F)F)c1.O=S(=O)([O-])c1ccccc1. The number of hydrogen-bond donors (Lipinski definition) is 1. The zero-order chi connectivity index (χ0) is 41.9. The molecule has 18 heteroatoms. The van der Waals surface area contributed by atoms with Gasteiger partial charge in [0, 0.05) is 25.9 Å². The predicted molar refractivity (Wildman–Crippen MR) is 202 cm³/mol. The third kappa shape index (κ3) is 9.51. The van der Waals surface area contributed by atoms with Gasteiger partial charge in [0.2, 0.25) is 5.91 Å². The van der Waals surface area contributed by atoms with Crippen LogP contribution >= 0.6 is 0 Å². The van der Waals surface area contributed by atoms with Crippen LogP contribution in [0.2, 0.25) is 0 Å². The number of quaternary nitrogens is 1. The number of carbonyl (C=O) groups excluding carboxylic acids is 2. The highest BCUT2D eigenvalue weighted by Crippen LogP contribution is 2.32. The molecular formula is C39H41F3N8O6S. The van der Waals surface area contributed by atoms with Crippen LogP contribution in [-0.4, -0.2) is 99.5 Å². The number of aromatic nitrogens is 4. The number of imidazole rings is 1. The number of alkyl halides is 3. The summed E-state index contributed by atoms with van der Waals surface area (Å²) in [6.45, 7) is 4.11. The standard InChI is InChI=1S/C33H35F3N8O3.C6H6O3S/c1-21(30(45)40-17-14-27(15-18-40)44(3,4)5)39-31(46)42-29(28-13-16-38-43(28)25-11-9-23(20-37)10-12-25)22(2)41(32(42)47)26-8-6-7-24(19-26)33(34,35)36;7-10(8,9)6-4-2-1-3-5-6/h6-13,16,19,21,27H,14-15,17-18H2,1-5H3;1-5H,(H,7,8,9). The third-order valence-electron chi connectivity index (χ3n) is 9.66. The van der Waals surface area contributed by atoms with E-state index < -0.39 is 39.6 Å². The van der Waals surface area contributed by atoms with Crippen molar-refractivity contribution in [1.82, 2.24) is 29.1 Å². The van der Waals surface area contributed by atoms with Crippen LogP contribution in [0, 0.1) is 18.3 Å². The molecule has 2 aromatic heterocycles. The van der Waals surface area contributed by atoms with Crippen molar-refractivity contribution in [3.05, 3.63) is 118 Å². The highest BCUT2D eigenvalue weighted by molar-refractivity contribution is 7.85. The summed E-state index contributed by atoms with van der Waals surface area (Å²) in [5, 5.41) is 16.2. The molecule has 5 aromatic rings. The van der Waals surface area contributed by atoms with Gasteiger partial charge in [0.1, 0.15) is 21.9 Å². The zero-order valence-corrected chi connectivity index (χ0v) is 32.6. The van der Waals surface area contributed by atoms with E-state index in [9.17, 15) is 45.8 Å². The van der Waals surface area contributed by atoms with E-state index in [1.807, 2.05) is 6.07 Å². The Morgan fingerprint density at radius 2 is 1.60 bits per heavy atom. The minimum Gasteiger partial charge on any atom is -0.744 e. The third-order valence-corrected chi connectivity index (χ3v) is 10.5. The van der Waals surface area contributed by atoms with Crippen molar-refractivity contribution >= 4 is 22.1 Å². The number of carbonyl (C=O) groups is 2. The molecule has 0 saturated carbocycles. The fourth-order valence-electron chi connectivity index (χ4n) is 6.62. The van der Waals surface area contributed by atoms with Crippen LogP contribution < -0.4 is 11.0 Å². The van der Waals surface area contributed by atoms with Gasteiger partial charge in [0.15, 0.2) is 0 Å². The first-order chi connectivity index (χ1) is 26.7. The Hall–Kier alpha value is -6.03. The monoisotopic (exact) mass is 806 g/mol. The quantitative estimate of drug-likeness (QED) is 0.178. The summed E-state index contributed by atoms with van der Waals surface area (Å²) in [6.07, 6.45) is -1.61. The Morgan fingerprint density at radius 3 is 2.14 bits per heavy atom. The van der Waals surface area contributed by atoms with Gasteiger partial charge in [-0.05, 0) is 74.5 Å². The highest BCUT2D eigenvalue weighted by atomic mass is 32.2. The summed E-state index contributed by atoms with van der Waals surface area (Å²) < 4.78 is 75.8. The lowest BCUT2D eigenvalue weighted by Crippen LogP contribution is -2.55. The molecule has 1 N–H and O–H groups in total. The highest BCUT2D eigenvalue weighted by Gasteiger charge is 2.35. The smallest absolute Gasteiger partial charge is 0.416 e. The second-order valence-corrected chi connectivity index (χ2v) is 15.7. The van der Waals surface area contributed by atoms with Crippen molar-refractivity contribution in [2.45, 2.75) is 49.8 Å². The van der Waals surface area contributed by atoms with Crippen molar-refractivity contribution in [3.8, 4) is 28.8 Å². The van der Waals surface area contributed by atoms with E-state index in [2.05, 4.69) is 31.6 Å². The Morgan fingerprint density at radius 1 is 0.965 bits per heavy atom. The number of halogens is 3. The number of hydrogen-bond acceptors (Lipinski definition) is 8. The average Bonchev–Trinajstić information content (AvgIpc) is 3.75. The predicted octanol–water partition coefficient (Wildman–Crippen LogP) is 4.92. The number of nitrogens with one attached hydrogen (secondary N) is 1. The molecule has 14 nitrogen and oxygen atoms in total. The molecule has 2 amide bonds. The molecule has 3 heterocycles. The van der Waals surface area contributed by atoms with Crippen LogP contribution in [-0.2, 0) is 21.1 Å². The van der Waals surface area contributed by atoms with Gasteiger partial charge in [-0.2, -0.15) is 23.5 Å². The first-order valence-corrected chi connectivity index (χ1v) is 19.1. The molecular weight excluding hydrogens is 766 g/mol. The molecule has 300 valence electrons. The molecule has 0 radical (unpaired) electrons. The van der Waals surface area contributed by atoms with Crippen LogP contribution in [0.3, 0.4) is 0 Å². The summed E-state index contributed by atoms with van der Waals surface area (Å²) >= 11 is 0. The van der Waals surface area contributed by atoms with E-state index in [-0.39, 0.29) is 33.6 Å². The van der Waals surface area contributed by atoms with Gasteiger partial charge < -0.3 is 19.3 Å². The van der Waals surface area contributed by atoms with Crippen LogP contribution in [0.25, 0.3) is 22.8 Å². The molecule has 3 aromatic carbocycles. The van der Waals surface area contributed by atoms with E-state index >= 15 is 0 Å². The Kier molecular flexibility index (Phi) is 12.3. The molecule has 1 atom stereocenters. The Labute approximate surface area is 327 Å². The van der Waals surface area contributed by atoms with Gasteiger partial charge in [-0.15, -0.1) is 0 Å². The number of rotatable bonds is 7. The number of amides is 2. The zero-order valence-electron chi connectivity index (χ0n) is 31.8. The van der Waals surface area contributed by atoms with Gasteiger partial charge in [0.25, 0.3) is 0 Å². The normalized spacial score (nSPS) is 14.3. The maximum absolute atomic E-state index is 14.0. The lowest BCUT2D eigenvalue weighted by atomic mass is 10.0. The van der Waals surface area contributed by atoms with Crippen LogP contribution in [0.5, 0.6) is 0 Å². The molecule has 1 aliphatic heterocycles. The lowest BCUT2D eigenvalue weighted by Gasteiger charge is -2.40. The van der Waals surface area contributed by atoms with Gasteiger partial charge in [-0.25, -0.2) is 27.3 Å². The second-order valence-electron chi connectivity index (χ2n) is 14.3. The fraction of sp³-hybridized carbons (Fsp3) is 0.308. The van der Waals surface area contributed by atoms with Crippen molar-refractivity contribution < 1.29 is 40.2 Å². The van der Waals surface area contributed by atoms with Gasteiger partial charge in [-0.1, -0.05) is 24.3 Å². The molecule has 0 spiro atoms. The number of piperidine rings is 1. The first kappa shape index (κ1) is 42.1. The van der Waals surface area contributed by atoms with E-state index in [1.54, 1.807) is 41.3 Å². The number of nitriles is 1. The maximum Gasteiger partial charge on any atom is 0.416 e. The van der Waals surface area contributed by atoms with Crippen molar-refractivity contribution in [3.63, 3.8) is 0 Å². The second kappa shape index (κ2) is 16.6. The average molecular weight is 807 g/mol. The number of nitrogens with zero attached hydrogens (tertiary/aromatic N) is 7. The van der Waals surface area contributed by atoms with E-state index in [1.165, 1.54) is 61.1 Å².